The summed E-state index contributed by atoms with van der Waals surface area (Å²) >= 11 is 0. The number of fused-ring (bicyclic) bond motifs is 3. The van der Waals surface area contributed by atoms with Gasteiger partial charge in [-0.05, 0) is 24.6 Å². The minimum atomic E-state index is -0.559. The van der Waals surface area contributed by atoms with E-state index in [0.29, 0.717) is 11.3 Å². The Kier molecular flexibility index (Phi) is 4.05. The number of nitriles is 1. The third-order valence-corrected chi connectivity index (χ3v) is 4.61. The van der Waals surface area contributed by atoms with Crippen LogP contribution in [0.25, 0.3) is 11.1 Å². The van der Waals surface area contributed by atoms with Crippen molar-refractivity contribution in [2.24, 2.45) is 10.7 Å². The van der Waals surface area contributed by atoms with Gasteiger partial charge in [0.25, 0.3) is 0 Å². The number of carbonyl (C=O) groups excluding carboxylic acids is 1. The van der Waals surface area contributed by atoms with Crippen LogP contribution in [0.3, 0.4) is 0 Å². The zero-order valence-corrected chi connectivity index (χ0v) is 14.6. The summed E-state index contributed by atoms with van der Waals surface area (Å²) in [6, 6.07) is 16.6. The number of primary amides is 1. The molecule has 3 aromatic rings. The Hall–Kier alpha value is -3.72. The largest absolute Gasteiger partial charge is 0.370 e. The second-order valence-electron chi connectivity index (χ2n) is 6.41. The number of aromatic nitrogens is 1. The van der Waals surface area contributed by atoms with Crippen LogP contribution >= 0.6 is 0 Å². The van der Waals surface area contributed by atoms with E-state index < -0.39 is 11.9 Å². The molecule has 0 fully saturated rings. The molecule has 0 spiro atoms. The number of nitrogens with zero attached hydrogens (tertiary/aromatic N) is 3. The molecule has 1 aliphatic rings. The second kappa shape index (κ2) is 6.54. The molecule has 6 heteroatoms. The monoisotopic (exact) mass is 356 g/mol. The van der Waals surface area contributed by atoms with E-state index in [1.807, 2.05) is 43.3 Å². The summed E-state index contributed by atoms with van der Waals surface area (Å²) in [6.07, 6.45) is 0.0232. The van der Waals surface area contributed by atoms with Crippen molar-refractivity contribution in [3.8, 4) is 17.2 Å². The Balaban J connectivity index is 1.98. The number of amides is 1. The molecule has 2 N–H and O–H groups in total. The first-order valence-electron chi connectivity index (χ1n) is 8.51. The van der Waals surface area contributed by atoms with Gasteiger partial charge in [-0.15, -0.1) is 0 Å². The Bertz CT molecular complexity index is 1100. The van der Waals surface area contributed by atoms with Crippen molar-refractivity contribution in [1.82, 2.24) is 5.16 Å². The normalized spacial score (nSPS) is 15.1. The van der Waals surface area contributed by atoms with Gasteiger partial charge in [-0.25, -0.2) is 0 Å². The highest BCUT2D eigenvalue weighted by molar-refractivity contribution is 6.17. The van der Waals surface area contributed by atoms with Crippen LogP contribution in [-0.2, 0) is 4.79 Å². The van der Waals surface area contributed by atoms with Gasteiger partial charge in [0.15, 0.2) is 5.76 Å². The maximum atomic E-state index is 11.7. The average molecular weight is 356 g/mol. The Morgan fingerprint density at radius 2 is 1.89 bits per heavy atom. The molecule has 0 saturated heterocycles. The number of rotatable bonds is 3. The third kappa shape index (κ3) is 2.89. The Morgan fingerprint density at radius 3 is 2.56 bits per heavy atom. The number of hydrogen-bond acceptors (Lipinski definition) is 5. The lowest BCUT2D eigenvalue weighted by molar-refractivity contribution is -0.118. The van der Waals surface area contributed by atoms with Crippen LogP contribution in [-0.4, -0.2) is 16.8 Å². The van der Waals surface area contributed by atoms with Crippen molar-refractivity contribution in [3.63, 3.8) is 0 Å². The molecule has 27 heavy (non-hydrogen) atoms. The van der Waals surface area contributed by atoms with Gasteiger partial charge in [0.2, 0.25) is 5.91 Å². The first-order valence-corrected chi connectivity index (χ1v) is 8.51. The van der Waals surface area contributed by atoms with E-state index in [9.17, 15) is 4.79 Å². The number of aliphatic imine (C=N–C) groups is 1. The van der Waals surface area contributed by atoms with Crippen LogP contribution in [0.4, 0.5) is 0 Å². The summed E-state index contributed by atoms with van der Waals surface area (Å²) in [6.45, 7) is 1.87. The molecule has 2 heterocycles. The minimum Gasteiger partial charge on any atom is -0.370 e. The van der Waals surface area contributed by atoms with Gasteiger partial charge in [0.1, 0.15) is 6.04 Å². The van der Waals surface area contributed by atoms with Crippen LogP contribution in [0.2, 0.25) is 0 Å². The quantitative estimate of drug-likeness (QED) is 0.777. The van der Waals surface area contributed by atoms with E-state index in [1.165, 1.54) is 0 Å². The number of nitrogens with two attached hydrogens (primary N) is 1. The number of carbonyl (C=O) groups is 1. The van der Waals surface area contributed by atoms with Gasteiger partial charge in [-0.2, -0.15) is 5.26 Å². The molecule has 4 rings (SSSR count). The molecule has 132 valence electrons. The molecular formula is C21H16N4O2. The third-order valence-electron chi connectivity index (χ3n) is 4.61. The summed E-state index contributed by atoms with van der Waals surface area (Å²) in [5, 5.41) is 13.1. The molecule has 1 amide bonds. The Labute approximate surface area is 155 Å². The van der Waals surface area contributed by atoms with Crippen molar-refractivity contribution < 1.29 is 9.32 Å². The van der Waals surface area contributed by atoms with E-state index in [0.717, 1.165) is 33.7 Å². The molecular weight excluding hydrogens is 340 g/mol. The van der Waals surface area contributed by atoms with Gasteiger partial charge in [-0.3, -0.25) is 9.79 Å². The zero-order valence-electron chi connectivity index (χ0n) is 14.6. The number of benzene rings is 2. The molecule has 0 aliphatic carbocycles. The van der Waals surface area contributed by atoms with Crippen LogP contribution in [0, 0.1) is 18.3 Å². The molecule has 0 bridgehead atoms. The maximum absolute atomic E-state index is 11.7. The van der Waals surface area contributed by atoms with Gasteiger partial charge in [-0.1, -0.05) is 41.6 Å². The van der Waals surface area contributed by atoms with Gasteiger partial charge in [0, 0.05) is 11.1 Å². The molecule has 2 aromatic carbocycles. The minimum absolute atomic E-state index is 0.0232. The predicted octanol–water partition coefficient (Wildman–Crippen LogP) is 3.29. The highest BCUT2D eigenvalue weighted by atomic mass is 16.5. The van der Waals surface area contributed by atoms with Gasteiger partial charge in [0.05, 0.1) is 35.0 Å². The lowest BCUT2D eigenvalue weighted by atomic mass is 9.92. The summed E-state index contributed by atoms with van der Waals surface area (Å²) in [5.74, 6) is 0.0799. The SMILES string of the molecule is Cc1noc2c1-c1ccccc1C(c1ccc(C#N)cc1)=N[C@H]2CC(N)=O. The molecule has 0 radical (unpaired) electrons. The fraction of sp³-hybridized carbons (Fsp3) is 0.143. The topological polar surface area (TPSA) is 105 Å². The lowest BCUT2D eigenvalue weighted by Crippen LogP contribution is -2.15. The van der Waals surface area contributed by atoms with Gasteiger partial charge >= 0.3 is 0 Å². The highest BCUT2D eigenvalue weighted by Crippen LogP contribution is 2.40. The molecule has 1 aromatic heterocycles. The molecule has 6 nitrogen and oxygen atoms in total. The van der Waals surface area contributed by atoms with Crippen molar-refractivity contribution in [1.29, 1.82) is 5.26 Å². The van der Waals surface area contributed by atoms with E-state index >= 15 is 0 Å². The first-order chi connectivity index (χ1) is 13.1. The van der Waals surface area contributed by atoms with E-state index in [2.05, 4.69) is 11.2 Å². The van der Waals surface area contributed by atoms with Crippen LogP contribution < -0.4 is 5.73 Å². The highest BCUT2D eigenvalue weighted by Gasteiger charge is 2.30. The van der Waals surface area contributed by atoms with E-state index in [-0.39, 0.29) is 6.42 Å². The molecule has 0 unspecified atom stereocenters. The standard InChI is InChI=1S/C21H16N4O2/c1-12-19-15-4-2-3-5-16(15)20(14-8-6-13(11-22)7-9-14)24-17(10-18(23)26)21(19)27-25-12/h2-9,17H,10H2,1H3,(H2,23,26)/t17-/m0/s1. The van der Waals surface area contributed by atoms with E-state index in [1.54, 1.807) is 12.1 Å². The molecule has 1 aliphatic heterocycles. The van der Waals surface area contributed by atoms with Crippen molar-refractivity contribution >= 4 is 11.6 Å². The van der Waals surface area contributed by atoms with E-state index in [4.69, 9.17) is 20.5 Å². The summed E-state index contributed by atoms with van der Waals surface area (Å²) < 4.78 is 5.55. The smallest absolute Gasteiger partial charge is 0.220 e. The first kappa shape index (κ1) is 16.7. The van der Waals surface area contributed by atoms with Crippen molar-refractivity contribution in [3.05, 3.63) is 76.7 Å². The molecule has 0 saturated carbocycles. The fourth-order valence-corrected chi connectivity index (χ4v) is 3.40. The Morgan fingerprint density at radius 1 is 1.19 bits per heavy atom. The molecule has 1 atom stereocenters. The number of aryl methyl sites for hydroxylation is 1. The fourth-order valence-electron chi connectivity index (χ4n) is 3.40. The van der Waals surface area contributed by atoms with Crippen molar-refractivity contribution in [2.75, 3.05) is 0 Å². The van der Waals surface area contributed by atoms with Crippen LogP contribution in [0.15, 0.2) is 58.0 Å². The van der Waals surface area contributed by atoms with Crippen LogP contribution in [0.5, 0.6) is 0 Å². The zero-order chi connectivity index (χ0) is 19.0. The average Bonchev–Trinajstić information content (AvgIpc) is 3.00. The maximum Gasteiger partial charge on any atom is 0.220 e. The van der Waals surface area contributed by atoms with Gasteiger partial charge < -0.3 is 10.3 Å². The summed E-state index contributed by atoms with van der Waals surface area (Å²) in [4.78, 5) is 16.5. The summed E-state index contributed by atoms with van der Waals surface area (Å²) in [5.41, 5.74) is 11.1. The lowest BCUT2D eigenvalue weighted by Gasteiger charge is -2.11. The number of hydrogen-bond donors (Lipinski definition) is 1. The summed E-state index contributed by atoms with van der Waals surface area (Å²) in [7, 11) is 0. The van der Waals surface area contributed by atoms with Crippen LogP contribution in [0.1, 0.15) is 40.6 Å². The van der Waals surface area contributed by atoms with Crippen molar-refractivity contribution in [2.45, 2.75) is 19.4 Å². The predicted molar refractivity (Wildman–Crippen MR) is 100 cm³/mol. The second-order valence-corrected chi connectivity index (χ2v) is 6.41.